The van der Waals surface area contributed by atoms with E-state index in [0.29, 0.717) is 11.9 Å². The highest BCUT2D eigenvalue weighted by Gasteiger charge is 2.24. The summed E-state index contributed by atoms with van der Waals surface area (Å²) in [5.41, 5.74) is 1.50. The number of fused-ring (bicyclic) bond motifs is 2. The number of aryl methyl sites for hydroxylation is 1. The zero-order chi connectivity index (χ0) is 21.4. The zero-order valence-electron chi connectivity index (χ0n) is 17.2. The predicted octanol–water partition coefficient (Wildman–Crippen LogP) is 3.10. The largest absolute Gasteiger partial charge is 0.350 e. The summed E-state index contributed by atoms with van der Waals surface area (Å²) in [5, 5.41) is 9.83. The van der Waals surface area contributed by atoms with Crippen LogP contribution in [0.3, 0.4) is 0 Å². The molecule has 4 aromatic rings. The van der Waals surface area contributed by atoms with Gasteiger partial charge in [0.05, 0.1) is 21.3 Å². The Hall–Kier alpha value is -3.26. The molecule has 1 atom stereocenters. The maximum atomic E-state index is 12.7. The van der Waals surface area contributed by atoms with E-state index < -0.39 is 0 Å². The molecule has 3 heterocycles. The molecule has 0 spiro atoms. The molecule has 158 valence electrons. The third-order valence-corrected chi connectivity index (χ3v) is 6.78. The van der Waals surface area contributed by atoms with Gasteiger partial charge in [-0.1, -0.05) is 41.7 Å². The third-order valence-electron chi connectivity index (χ3n) is 5.69. The number of piperidine rings is 1. The minimum atomic E-state index is -0.240. The molecule has 1 aliphatic heterocycles. The summed E-state index contributed by atoms with van der Waals surface area (Å²) < 4.78 is 2.43. The molecule has 7 nitrogen and oxygen atoms in total. The Morgan fingerprint density at radius 3 is 2.77 bits per heavy atom. The molecule has 1 saturated heterocycles. The van der Waals surface area contributed by atoms with E-state index in [1.165, 1.54) is 9.38 Å². The van der Waals surface area contributed by atoms with Crippen LogP contribution < -0.4 is 15.8 Å². The monoisotopic (exact) mass is 433 g/mol. The Morgan fingerprint density at radius 1 is 1.16 bits per heavy atom. The Kier molecular flexibility index (Phi) is 5.15. The van der Waals surface area contributed by atoms with Crippen molar-refractivity contribution < 1.29 is 4.79 Å². The molecule has 0 radical (unpaired) electrons. The Balaban J connectivity index is 1.29. The first-order chi connectivity index (χ1) is 15.1. The number of para-hydroxylation sites is 1. The summed E-state index contributed by atoms with van der Waals surface area (Å²) >= 11 is 1.68. The van der Waals surface area contributed by atoms with Crippen LogP contribution in [0.25, 0.3) is 21.0 Å². The maximum absolute atomic E-state index is 12.7. The molecule has 5 rings (SSSR count). The highest BCUT2D eigenvalue weighted by atomic mass is 32.1. The SMILES string of the molecule is Cc1nn(CC(=O)N[C@H]2CCCN(c3nc4ccccc4s3)C2)c(=O)c2ccccc12. The number of amides is 1. The highest BCUT2D eigenvalue weighted by molar-refractivity contribution is 7.22. The van der Waals surface area contributed by atoms with Crippen molar-refractivity contribution in [2.75, 3.05) is 18.0 Å². The molecule has 1 fully saturated rings. The van der Waals surface area contributed by atoms with Crippen molar-refractivity contribution >= 4 is 43.4 Å². The number of nitrogens with zero attached hydrogens (tertiary/aromatic N) is 4. The van der Waals surface area contributed by atoms with Gasteiger partial charge in [-0.15, -0.1) is 0 Å². The molecule has 0 saturated carbocycles. The van der Waals surface area contributed by atoms with Crippen LogP contribution in [-0.2, 0) is 11.3 Å². The molecule has 1 aliphatic rings. The number of rotatable bonds is 4. The van der Waals surface area contributed by atoms with Crippen LogP contribution in [-0.4, -0.2) is 39.8 Å². The zero-order valence-corrected chi connectivity index (χ0v) is 18.1. The Bertz CT molecular complexity index is 1300. The lowest BCUT2D eigenvalue weighted by Crippen LogP contribution is -2.49. The topological polar surface area (TPSA) is 80.1 Å². The average Bonchev–Trinajstić information content (AvgIpc) is 3.22. The lowest BCUT2D eigenvalue weighted by Gasteiger charge is -2.32. The number of hydrogen-bond donors (Lipinski definition) is 1. The summed E-state index contributed by atoms with van der Waals surface area (Å²) in [6.07, 6.45) is 1.89. The molecule has 1 amide bonds. The minimum Gasteiger partial charge on any atom is -0.350 e. The van der Waals surface area contributed by atoms with Gasteiger partial charge in [0.2, 0.25) is 5.91 Å². The quantitative estimate of drug-likeness (QED) is 0.535. The molecule has 2 aromatic carbocycles. The van der Waals surface area contributed by atoms with E-state index in [4.69, 9.17) is 4.98 Å². The van der Waals surface area contributed by atoms with Crippen molar-refractivity contribution in [1.29, 1.82) is 0 Å². The smallest absolute Gasteiger partial charge is 0.275 e. The Labute approximate surface area is 183 Å². The van der Waals surface area contributed by atoms with Crippen molar-refractivity contribution in [3.8, 4) is 0 Å². The van der Waals surface area contributed by atoms with Gasteiger partial charge in [-0.2, -0.15) is 5.10 Å². The number of carbonyl (C=O) groups excluding carboxylic acids is 1. The van der Waals surface area contributed by atoms with Crippen LogP contribution in [0, 0.1) is 6.92 Å². The maximum Gasteiger partial charge on any atom is 0.275 e. The highest BCUT2D eigenvalue weighted by Crippen LogP contribution is 2.30. The molecule has 0 unspecified atom stereocenters. The van der Waals surface area contributed by atoms with Gasteiger partial charge < -0.3 is 10.2 Å². The molecule has 2 aromatic heterocycles. The van der Waals surface area contributed by atoms with Crippen LogP contribution in [0.1, 0.15) is 18.5 Å². The molecule has 0 bridgehead atoms. The first kappa shape index (κ1) is 19.7. The first-order valence-electron chi connectivity index (χ1n) is 10.4. The van der Waals surface area contributed by atoms with Crippen molar-refractivity contribution in [3.05, 3.63) is 64.6 Å². The van der Waals surface area contributed by atoms with Crippen molar-refractivity contribution in [2.45, 2.75) is 32.4 Å². The first-order valence-corrected chi connectivity index (χ1v) is 11.3. The van der Waals surface area contributed by atoms with Crippen LogP contribution in [0.4, 0.5) is 5.13 Å². The second kappa shape index (κ2) is 8.11. The molecular formula is C23H23N5O2S. The van der Waals surface area contributed by atoms with E-state index in [0.717, 1.165) is 41.1 Å². The molecule has 1 N–H and O–H groups in total. The fourth-order valence-electron chi connectivity index (χ4n) is 4.19. The van der Waals surface area contributed by atoms with E-state index in [9.17, 15) is 9.59 Å². The van der Waals surface area contributed by atoms with E-state index in [2.05, 4.69) is 21.4 Å². The van der Waals surface area contributed by atoms with Crippen LogP contribution in [0.5, 0.6) is 0 Å². The van der Waals surface area contributed by atoms with Crippen molar-refractivity contribution in [2.24, 2.45) is 0 Å². The van der Waals surface area contributed by atoms with E-state index >= 15 is 0 Å². The molecule has 31 heavy (non-hydrogen) atoms. The van der Waals surface area contributed by atoms with Crippen molar-refractivity contribution in [1.82, 2.24) is 20.1 Å². The van der Waals surface area contributed by atoms with E-state index in [1.807, 2.05) is 43.3 Å². The fourth-order valence-corrected chi connectivity index (χ4v) is 5.19. The van der Waals surface area contributed by atoms with Crippen LogP contribution >= 0.6 is 11.3 Å². The van der Waals surface area contributed by atoms with Crippen LogP contribution in [0.2, 0.25) is 0 Å². The van der Waals surface area contributed by atoms with Gasteiger partial charge in [0.25, 0.3) is 5.56 Å². The normalized spacial score (nSPS) is 16.7. The summed E-state index contributed by atoms with van der Waals surface area (Å²) in [6.45, 7) is 3.41. The van der Waals surface area contributed by atoms with E-state index in [1.54, 1.807) is 17.4 Å². The van der Waals surface area contributed by atoms with Gasteiger partial charge in [0.1, 0.15) is 6.54 Å². The van der Waals surface area contributed by atoms with Gasteiger partial charge in [-0.05, 0) is 38.0 Å². The Morgan fingerprint density at radius 2 is 1.94 bits per heavy atom. The lowest BCUT2D eigenvalue weighted by atomic mass is 10.1. The number of aromatic nitrogens is 3. The second-order valence-electron chi connectivity index (χ2n) is 7.91. The predicted molar refractivity (Wildman–Crippen MR) is 124 cm³/mol. The molecule has 8 heteroatoms. The van der Waals surface area contributed by atoms with Gasteiger partial charge in [-0.25, -0.2) is 9.67 Å². The van der Waals surface area contributed by atoms with Gasteiger partial charge in [-0.3, -0.25) is 9.59 Å². The minimum absolute atomic E-state index is 0.0190. The standard InChI is InChI=1S/C23H23N5O2S/c1-15-17-8-2-3-9-18(17)22(30)28(26-15)14-21(29)24-16-7-6-12-27(13-16)23-25-19-10-4-5-11-20(19)31-23/h2-5,8-11,16H,6-7,12-14H2,1H3,(H,24,29)/t16-/m0/s1. The lowest BCUT2D eigenvalue weighted by molar-refractivity contribution is -0.122. The number of nitrogens with one attached hydrogen (secondary N) is 1. The summed E-state index contributed by atoms with van der Waals surface area (Å²) in [4.78, 5) is 32.4. The van der Waals surface area contributed by atoms with Gasteiger partial charge in [0, 0.05) is 24.5 Å². The summed E-state index contributed by atoms with van der Waals surface area (Å²) in [5.74, 6) is -0.194. The molecular weight excluding hydrogens is 410 g/mol. The van der Waals surface area contributed by atoms with Crippen molar-refractivity contribution in [3.63, 3.8) is 0 Å². The average molecular weight is 434 g/mol. The van der Waals surface area contributed by atoms with Crippen LogP contribution in [0.15, 0.2) is 53.3 Å². The number of carbonyl (C=O) groups is 1. The van der Waals surface area contributed by atoms with E-state index in [-0.39, 0.29) is 24.1 Å². The number of hydrogen-bond acceptors (Lipinski definition) is 6. The molecule has 0 aliphatic carbocycles. The summed E-state index contributed by atoms with van der Waals surface area (Å²) in [7, 11) is 0. The summed E-state index contributed by atoms with van der Waals surface area (Å²) in [6, 6.07) is 15.5. The fraction of sp³-hybridized carbons (Fsp3) is 0.304. The number of benzene rings is 2. The number of anilines is 1. The number of thiazole rings is 1. The van der Waals surface area contributed by atoms with Gasteiger partial charge in [0.15, 0.2) is 5.13 Å². The third kappa shape index (κ3) is 3.90. The second-order valence-corrected chi connectivity index (χ2v) is 8.92. The van der Waals surface area contributed by atoms with Gasteiger partial charge >= 0.3 is 0 Å².